The van der Waals surface area contributed by atoms with Crippen LogP contribution in [-0.4, -0.2) is 39.7 Å². The molecule has 1 aromatic carbocycles. The van der Waals surface area contributed by atoms with Gasteiger partial charge in [-0.05, 0) is 41.7 Å². The van der Waals surface area contributed by atoms with Crippen LogP contribution in [0.4, 0.5) is 5.69 Å². The van der Waals surface area contributed by atoms with Crippen LogP contribution < -0.4 is 10.6 Å². The average Bonchev–Trinajstić information content (AvgIpc) is 2.84. The molecule has 0 aliphatic carbocycles. The summed E-state index contributed by atoms with van der Waals surface area (Å²) in [6.07, 6.45) is 1.51. The number of benzene rings is 1. The van der Waals surface area contributed by atoms with Gasteiger partial charge in [0, 0.05) is 5.69 Å². The minimum absolute atomic E-state index is 0.0809. The first-order chi connectivity index (χ1) is 8.29. The number of nitrogens with one attached hydrogen (secondary N) is 2. The Kier molecular flexibility index (Phi) is 3.41. The second-order valence-corrected chi connectivity index (χ2v) is 3.38. The molecule has 2 rings (SSSR count). The number of likely N-dealkylation sites (N-methyl/N-ethyl adjacent to an activating group) is 1. The Bertz CT molecular complexity index is 478. The number of aromatic nitrogens is 4. The molecular formula is C10H12N6O. The van der Waals surface area contributed by atoms with Gasteiger partial charge in [0.05, 0.1) is 12.2 Å². The van der Waals surface area contributed by atoms with E-state index in [1.165, 1.54) is 6.33 Å². The zero-order chi connectivity index (χ0) is 12.1. The monoisotopic (exact) mass is 232 g/mol. The molecule has 0 atom stereocenters. The summed E-state index contributed by atoms with van der Waals surface area (Å²) in [6.45, 7) is 0.286. The van der Waals surface area contributed by atoms with Crippen molar-refractivity contribution in [2.45, 2.75) is 0 Å². The van der Waals surface area contributed by atoms with Crippen LogP contribution in [0.5, 0.6) is 0 Å². The van der Waals surface area contributed by atoms with Crippen molar-refractivity contribution in [3.63, 3.8) is 0 Å². The lowest BCUT2D eigenvalue weighted by Crippen LogP contribution is -2.24. The Morgan fingerprint density at radius 3 is 2.71 bits per heavy atom. The van der Waals surface area contributed by atoms with E-state index in [0.29, 0.717) is 0 Å². The maximum absolute atomic E-state index is 11.3. The zero-order valence-corrected chi connectivity index (χ0v) is 9.29. The van der Waals surface area contributed by atoms with Gasteiger partial charge in [0.2, 0.25) is 5.91 Å². The van der Waals surface area contributed by atoms with Gasteiger partial charge in [-0.1, -0.05) is 0 Å². The molecule has 0 fully saturated rings. The standard InChI is InChI=1S/C10H12N6O/c1-11-6-10(17)13-8-2-4-9(5-3-8)16-7-12-14-15-16/h2-5,7,11H,6H2,1H3,(H,13,17). The average molecular weight is 232 g/mol. The lowest BCUT2D eigenvalue weighted by molar-refractivity contribution is -0.115. The first-order valence-corrected chi connectivity index (χ1v) is 5.07. The summed E-state index contributed by atoms with van der Waals surface area (Å²) in [5, 5.41) is 16.4. The van der Waals surface area contributed by atoms with Gasteiger partial charge in [-0.15, -0.1) is 5.10 Å². The lowest BCUT2D eigenvalue weighted by Gasteiger charge is -2.05. The molecule has 0 unspecified atom stereocenters. The highest BCUT2D eigenvalue weighted by Crippen LogP contribution is 2.11. The van der Waals surface area contributed by atoms with Gasteiger partial charge in [-0.3, -0.25) is 4.79 Å². The van der Waals surface area contributed by atoms with Crippen LogP contribution >= 0.6 is 0 Å². The van der Waals surface area contributed by atoms with Crippen LogP contribution in [0.2, 0.25) is 0 Å². The first-order valence-electron chi connectivity index (χ1n) is 5.07. The molecule has 7 heteroatoms. The predicted octanol–water partition coefficient (Wildman–Crippen LogP) is -0.180. The number of anilines is 1. The number of hydrogen-bond acceptors (Lipinski definition) is 5. The SMILES string of the molecule is CNCC(=O)Nc1ccc(-n2cnnn2)cc1. The van der Waals surface area contributed by atoms with Gasteiger partial charge in [-0.2, -0.15) is 0 Å². The molecular weight excluding hydrogens is 220 g/mol. The van der Waals surface area contributed by atoms with Crippen molar-refractivity contribution in [2.75, 3.05) is 18.9 Å². The van der Waals surface area contributed by atoms with Crippen LogP contribution in [-0.2, 0) is 4.79 Å². The van der Waals surface area contributed by atoms with Crippen molar-refractivity contribution in [3.8, 4) is 5.69 Å². The van der Waals surface area contributed by atoms with Crippen LogP contribution in [0.15, 0.2) is 30.6 Å². The van der Waals surface area contributed by atoms with E-state index >= 15 is 0 Å². The summed E-state index contributed by atoms with van der Waals surface area (Å²) in [5.41, 5.74) is 1.57. The van der Waals surface area contributed by atoms with Crippen LogP contribution in [0.25, 0.3) is 5.69 Å². The normalized spacial score (nSPS) is 10.2. The quantitative estimate of drug-likeness (QED) is 0.764. The molecule has 0 saturated heterocycles. The number of carbonyl (C=O) groups is 1. The van der Waals surface area contributed by atoms with Crippen LogP contribution in [0.1, 0.15) is 0 Å². The minimum atomic E-state index is -0.0809. The Morgan fingerprint density at radius 2 is 2.12 bits per heavy atom. The molecule has 1 heterocycles. The van der Waals surface area contributed by atoms with E-state index in [0.717, 1.165) is 11.4 Å². The maximum atomic E-state index is 11.3. The van der Waals surface area contributed by atoms with E-state index < -0.39 is 0 Å². The molecule has 2 aromatic rings. The van der Waals surface area contributed by atoms with Gasteiger partial charge >= 0.3 is 0 Å². The summed E-state index contributed by atoms with van der Waals surface area (Å²) in [5.74, 6) is -0.0809. The van der Waals surface area contributed by atoms with E-state index in [2.05, 4.69) is 26.2 Å². The second-order valence-electron chi connectivity index (χ2n) is 3.38. The third-order valence-electron chi connectivity index (χ3n) is 2.10. The lowest BCUT2D eigenvalue weighted by atomic mass is 10.3. The Hall–Kier alpha value is -2.28. The molecule has 88 valence electrons. The second kappa shape index (κ2) is 5.17. The number of carbonyl (C=O) groups excluding carboxylic acids is 1. The van der Waals surface area contributed by atoms with E-state index in [-0.39, 0.29) is 12.5 Å². The van der Waals surface area contributed by atoms with Gasteiger partial charge in [0.15, 0.2) is 0 Å². The molecule has 0 aliphatic rings. The van der Waals surface area contributed by atoms with Crippen molar-refractivity contribution in [2.24, 2.45) is 0 Å². The van der Waals surface area contributed by atoms with Crippen LogP contribution in [0.3, 0.4) is 0 Å². The first kappa shape index (κ1) is 11.2. The van der Waals surface area contributed by atoms with Gasteiger partial charge in [0.1, 0.15) is 6.33 Å². The summed E-state index contributed by atoms with van der Waals surface area (Å²) >= 11 is 0. The number of nitrogens with zero attached hydrogens (tertiary/aromatic N) is 4. The molecule has 17 heavy (non-hydrogen) atoms. The number of hydrogen-bond donors (Lipinski definition) is 2. The largest absolute Gasteiger partial charge is 0.325 e. The smallest absolute Gasteiger partial charge is 0.238 e. The Labute approximate surface area is 97.8 Å². The van der Waals surface area contributed by atoms with E-state index in [1.54, 1.807) is 23.9 Å². The number of tetrazole rings is 1. The summed E-state index contributed by atoms with van der Waals surface area (Å²) < 4.78 is 1.54. The molecule has 0 saturated carbocycles. The molecule has 0 aliphatic heterocycles. The fourth-order valence-electron chi connectivity index (χ4n) is 1.34. The fraction of sp³-hybridized carbons (Fsp3) is 0.200. The molecule has 0 radical (unpaired) electrons. The molecule has 0 bridgehead atoms. The minimum Gasteiger partial charge on any atom is -0.325 e. The molecule has 1 amide bonds. The summed E-state index contributed by atoms with van der Waals surface area (Å²) in [6, 6.07) is 7.24. The van der Waals surface area contributed by atoms with Crippen molar-refractivity contribution < 1.29 is 4.79 Å². The highest BCUT2D eigenvalue weighted by Gasteiger charge is 2.01. The summed E-state index contributed by atoms with van der Waals surface area (Å²) in [7, 11) is 1.72. The van der Waals surface area contributed by atoms with Gasteiger partial charge in [-0.25, -0.2) is 4.68 Å². The third kappa shape index (κ3) is 2.85. The predicted molar refractivity (Wildman–Crippen MR) is 61.7 cm³/mol. The maximum Gasteiger partial charge on any atom is 0.238 e. The van der Waals surface area contributed by atoms with Gasteiger partial charge < -0.3 is 10.6 Å². The van der Waals surface area contributed by atoms with Crippen molar-refractivity contribution in [1.82, 2.24) is 25.5 Å². The van der Waals surface area contributed by atoms with Gasteiger partial charge in [0.25, 0.3) is 0 Å². The fourth-order valence-corrected chi connectivity index (χ4v) is 1.34. The molecule has 0 spiro atoms. The highest BCUT2D eigenvalue weighted by molar-refractivity contribution is 5.92. The number of rotatable bonds is 4. The Morgan fingerprint density at radius 1 is 1.35 bits per heavy atom. The third-order valence-corrected chi connectivity index (χ3v) is 2.10. The Balaban J connectivity index is 2.06. The summed E-state index contributed by atoms with van der Waals surface area (Å²) in [4.78, 5) is 11.3. The molecule has 2 N–H and O–H groups in total. The van der Waals surface area contributed by atoms with Crippen molar-refractivity contribution >= 4 is 11.6 Å². The zero-order valence-electron chi connectivity index (χ0n) is 9.29. The topological polar surface area (TPSA) is 84.7 Å². The van der Waals surface area contributed by atoms with Crippen LogP contribution in [0, 0.1) is 0 Å². The molecule has 1 aromatic heterocycles. The van der Waals surface area contributed by atoms with E-state index in [1.807, 2.05) is 12.1 Å². The van der Waals surface area contributed by atoms with E-state index in [9.17, 15) is 4.79 Å². The highest BCUT2D eigenvalue weighted by atomic mass is 16.1. The number of amides is 1. The van der Waals surface area contributed by atoms with Crippen molar-refractivity contribution in [1.29, 1.82) is 0 Å². The molecule has 7 nitrogen and oxygen atoms in total. The van der Waals surface area contributed by atoms with E-state index in [4.69, 9.17) is 0 Å². The van der Waals surface area contributed by atoms with Crippen molar-refractivity contribution in [3.05, 3.63) is 30.6 Å².